The van der Waals surface area contributed by atoms with E-state index in [4.69, 9.17) is 0 Å². The van der Waals surface area contributed by atoms with E-state index in [1.807, 2.05) is 0 Å². The zero-order valence-corrected chi connectivity index (χ0v) is 9.25. The van der Waals surface area contributed by atoms with Crippen LogP contribution in [0.4, 0.5) is 0 Å². The van der Waals surface area contributed by atoms with Crippen LogP contribution in [0.25, 0.3) is 0 Å². The Kier molecular flexibility index (Phi) is 4.63. The summed E-state index contributed by atoms with van der Waals surface area (Å²) < 4.78 is 0. The summed E-state index contributed by atoms with van der Waals surface area (Å²) >= 11 is 0. The highest BCUT2D eigenvalue weighted by molar-refractivity contribution is 6.38. The number of Topliss-reactive ketones (excluding diaryl/α,β-unsaturated/α-hetero) is 1. The predicted octanol–water partition coefficient (Wildman–Crippen LogP) is 2.22. The van der Waals surface area contributed by atoms with Crippen molar-refractivity contribution in [3.8, 4) is 0 Å². The monoisotopic (exact) mass is 196 g/mol. The van der Waals surface area contributed by atoms with Crippen LogP contribution in [0, 0.1) is 0 Å². The summed E-state index contributed by atoms with van der Waals surface area (Å²) in [5, 5.41) is 6.48. The number of carbonyl (C=O) groups excluding carboxylic acids is 1. The third-order valence-corrected chi connectivity index (χ3v) is 2.49. The Balaban J connectivity index is 2.55. The molecule has 1 aliphatic heterocycles. The van der Waals surface area contributed by atoms with Crippen LogP contribution in [-0.2, 0) is 4.79 Å². The maximum absolute atomic E-state index is 11.3. The summed E-state index contributed by atoms with van der Waals surface area (Å²) in [6, 6.07) is 0. The molecule has 3 nitrogen and oxygen atoms in total. The number of hydrogen-bond donors (Lipinski definition) is 0. The van der Waals surface area contributed by atoms with Gasteiger partial charge in [-0.15, -0.1) is 0 Å². The van der Waals surface area contributed by atoms with E-state index in [-0.39, 0.29) is 5.78 Å². The molecule has 1 heterocycles. The van der Waals surface area contributed by atoms with E-state index in [9.17, 15) is 4.79 Å². The molecular weight excluding hydrogens is 176 g/mol. The number of piperidine rings is 1. The smallest absolute Gasteiger partial charge is 0.175 e. The van der Waals surface area contributed by atoms with Gasteiger partial charge in [-0.2, -0.15) is 5.10 Å². The SMILES string of the molecule is CCCC(=NN1CCCCC1)C(C)=O. The second-order valence-electron chi connectivity index (χ2n) is 3.87. The quantitative estimate of drug-likeness (QED) is 0.646. The van der Waals surface area contributed by atoms with Crippen molar-refractivity contribution < 1.29 is 4.79 Å². The molecule has 0 atom stereocenters. The summed E-state index contributed by atoms with van der Waals surface area (Å²) in [6.45, 7) is 5.72. The number of rotatable bonds is 4. The van der Waals surface area contributed by atoms with Gasteiger partial charge < -0.3 is 0 Å². The molecule has 0 aromatic carbocycles. The Bertz CT molecular complexity index is 217. The zero-order valence-electron chi connectivity index (χ0n) is 9.25. The van der Waals surface area contributed by atoms with Crippen LogP contribution in [0.2, 0.25) is 0 Å². The third-order valence-electron chi connectivity index (χ3n) is 2.49. The van der Waals surface area contributed by atoms with E-state index in [1.165, 1.54) is 19.3 Å². The topological polar surface area (TPSA) is 32.7 Å². The maximum Gasteiger partial charge on any atom is 0.175 e. The van der Waals surface area contributed by atoms with Crippen molar-refractivity contribution in [1.82, 2.24) is 5.01 Å². The average Bonchev–Trinajstić information content (AvgIpc) is 2.18. The van der Waals surface area contributed by atoms with Gasteiger partial charge in [0, 0.05) is 20.0 Å². The zero-order chi connectivity index (χ0) is 10.4. The summed E-state index contributed by atoms with van der Waals surface area (Å²) in [5.41, 5.74) is 0.745. The maximum atomic E-state index is 11.3. The molecule has 0 N–H and O–H groups in total. The van der Waals surface area contributed by atoms with E-state index in [2.05, 4.69) is 17.0 Å². The first-order chi connectivity index (χ1) is 6.74. The van der Waals surface area contributed by atoms with Crippen molar-refractivity contribution in [1.29, 1.82) is 0 Å². The predicted molar refractivity (Wildman–Crippen MR) is 58.4 cm³/mol. The van der Waals surface area contributed by atoms with Crippen LogP contribution in [0.1, 0.15) is 46.0 Å². The minimum Gasteiger partial charge on any atom is -0.297 e. The lowest BCUT2D eigenvalue weighted by Gasteiger charge is -2.24. The van der Waals surface area contributed by atoms with Crippen molar-refractivity contribution in [2.75, 3.05) is 13.1 Å². The average molecular weight is 196 g/mol. The molecule has 0 aromatic heterocycles. The molecule has 0 aliphatic carbocycles. The molecule has 3 heteroatoms. The number of hydrazone groups is 1. The first-order valence-corrected chi connectivity index (χ1v) is 5.57. The van der Waals surface area contributed by atoms with Gasteiger partial charge in [-0.25, -0.2) is 0 Å². The van der Waals surface area contributed by atoms with Crippen molar-refractivity contribution in [2.24, 2.45) is 5.10 Å². The lowest BCUT2D eigenvalue weighted by Crippen LogP contribution is -2.27. The molecule has 14 heavy (non-hydrogen) atoms. The Morgan fingerprint density at radius 2 is 1.93 bits per heavy atom. The molecule has 0 radical (unpaired) electrons. The lowest BCUT2D eigenvalue weighted by molar-refractivity contribution is -0.111. The molecule has 1 saturated heterocycles. The van der Waals surface area contributed by atoms with Gasteiger partial charge in [-0.3, -0.25) is 9.80 Å². The van der Waals surface area contributed by atoms with Crippen LogP contribution in [0.15, 0.2) is 5.10 Å². The summed E-state index contributed by atoms with van der Waals surface area (Å²) in [6.07, 6.45) is 5.52. The van der Waals surface area contributed by atoms with Crippen molar-refractivity contribution in [3.63, 3.8) is 0 Å². The molecule has 1 fully saturated rings. The fourth-order valence-corrected chi connectivity index (χ4v) is 1.68. The Morgan fingerprint density at radius 1 is 1.29 bits per heavy atom. The molecule has 0 aromatic rings. The molecule has 0 unspecified atom stereocenters. The molecular formula is C11H20N2O. The van der Waals surface area contributed by atoms with Crippen molar-refractivity contribution in [3.05, 3.63) is 0 Å². The molecule has 1 rings (SSSR count). The fourth-order valence-electron chi connectivity index (χ4n) is 1.68. The number of nitrogens with zero attached hydrogens (tertiary/aromatic N) is 2. The highest BCUT2D eigenvalue weighted by atomic mass is 16.1. The summed E-state index contributed by atoms with van der Waals surface area (Å²) in [7, 11) is 0. The normalized spacial score (nSPS) is 18.4. The second kappa shape index (κ2) is 5.78. The largest absolute Gasteiger partial charge is 0.297 e. The van der Waals surface area contributed by atoms with E-state index in [1.54, 1.807) is 6.92 Å². The van der Waals surface area contributed by atoms with Crippen LogP contribution < -0.4 is 0 Å². The molecule has 0 spiro atoms. The standard InChI is InChI=1S/C11H20N2O/c1-3-7-11(10(2)14)12-13-8-5-4-6-9-13/h3-9H2,1-2H3. The van der Waals surface area contributed by atoms with Crippen molar-refractivity contribution in [2.45, 2.75) is 46.0 Å². The molecule has 0 saturated carbocycles. The highest BCUT2D eigenvalue weighted by Crippen LogP contribution is 2.09. The van der Waals surface area contributed by atoms with Crippen molar-refractivity contribution >= 4 is 11.5 Å². The first-order valence-electron chi connectivity index (χ1n) is 5.57. The van der Waals surface area contributed by atoms with Gasteiger partial charge in [0.15, 0.2) is 5.78 Å². The molecule has 80 valence electrons. The highest BCUT2D eigenvalue weighted by Gasteiger charge is 2.11. The van der Waals surface area contributed by atoms with Crippen LogP contribution in [0.5, 0.6) is 0 Å². The van der Waals surface area contributed by atoms with Gasteiger partial charge in [0.25, 0.3) is 0 Å². The Labute approximate surface area is 86.2 Å². The van der Waals surface area contributed by atoms with Gasteiger partial charge in [0.2, 0.25) is 0 Å². The lowest BCUT2D eigenvalue weighted by atomic mass is 10.1. The van der Waals surface area contributed by atoms with E-state index < -0.39 is 0 Å². The Morgan fingerprint density at radius 3 is 2.43 bits per heavy atom. The van der Waals surface area contributed by atoms with Crippen LogP contribution in [0.3, 0.4) is 0 Å². The minimum absolute atomic E-state index is 0.123. The van der Waals surface area contributed by atoms with E-state index in [0.717, 1.165) is 31.6 Å². The van der Waals surface area contributed by atoms with Gasteiger partial charge >= 0.3 is 0 Å². The van der Waals surface area contributed by atoms with Gasteiger partial charge in [-0.1, -0.05) is 13.3 Å². The second-order valence-corrected chi connectivity index (χ2v) is 3.87. The summed E-state index contributed by atoms with van der Waals surface area (Å²) in [5.74, 6) is 0.123. The van der Waals surface area contributed by atoms with Gasteiger partial charge in [0.05, 0.1) is 0 Å². The Hall–Kier alpha value is -0.860. The van der Waals surface area contributed by atoms with Gasteiger partial charge in [-0.05, 0) is 25.7 Å². The van der Waals surface area contributed by atoms with Crippen LogP contribution >= 0.6 is 0 Å². The first kappa shape index (κ1) is 11.2. The summed E-state index contributed by atoms with van der Waals surface area (Å²) in [4.78, 5) is 11.3. The van der Waals surface area contributed by atoms with E-state index >= 15 is 0 Å². The number of ketones is 1. The van der Waals surface area contributed by atoms with Crippen LogP contribution in [-0.4, -0.2) is 29.6 Å². The third kappa shape index (κ3) is 3.48. The fraction of sp³-hybridized carbons (Fsp3) is 0.818. The van der Waals surface area contributed by atoms with E-state index in [0.29, 0.717) is 0 Å². The molecule has 0 bridgehead atoms. The number of carbonyl (C=O) groups is 1. The molecule has 1 aliphatic rings. The molecule has 0 amide bonds. The number of hydrogen-bond acceptors (Lipinski definition) is 3. The van der Waals surface area contributed by atoms with Gasteiger partial charge in [0.1, 0.15) is 5.71 Å². The minimum atomic E-state index is 0.123.